The molecular formula is C20H18Cl2O4S. The number of esters is 1. The van der Waals surface area contributed by atoms with Gasteiger partial charge >= 0.3 is 5.97 Å². The van der Waals surface area contributed by atoms with E-state index in [1.54, 1.807) is 24.3 Å². The van der Waals surface area contributed by atoms with E-state index < -0.39 is 0 Å². The van der Waals surface area contributed by atoms with E-state index in [9.17, 15) is 9.90 Å². The van der Waals surface area contributed by atoms with Crippen molar-refractivity contribution in [1.29, 1.82) is 0 Å². The molecule has 1 aliphatic rings. The van der Waals surface area contributed by atoms with Crippen molar-refractivity contribution in [3.05, 3.63) is 57.1 Å². The van der Waals surface area contributed by atoms with E-state index in [0.29, 0.717) is 52.3 Å². The first-order valence-electron chi connectivity index (χ1n) is 8.42. The Morgan fingerprint density at radius 1 is 1.26 bits per heavy atom. The quantitative estimate of drug-likeness (QED) is 0.365. The molecule has 2 aromatic carbocycles. The van der Waals surface area contributed by atoms with E-state index >= 15 is 0 Å². The number of carbonyl (C=O) groups is 1. The predicted octanol–water partition coefficient (Wildman–Crippen LogP) is 5.72. The molecule has 7 heteroatoms. The number of phenolic OH excluding ortho intramolecular Hbond substituents is 1. The maximum Gasteiger partial charge on any atom is 0.334 e. The van der Waals surface area contributed by atoms with Crippen LogP contribution in [-0.2, 0) is 15.3 Å². The Labute approximate surface area is 172 Å². The number of phenols is 1. The van der Waals surface area contributed by atoms with Crippen LogP contribution < -0.4 is 4.74 Å². The van der Waals surface area contributed by atoms with Crippen LogP contribution in [0.15, 0.2) is 40.8 Å². The molecule has 1 saturated heterocycles. The standard InChI is InChI=1S/C20H18Cl2O4S/c1-2-25-18-9-12(7-13-5-6-26-20(13)24)8-14(19(18)23)11-27-15-3-4-16(21)17(22)10-15/h3-4,7-10,23H,2,5-6,11H2,1H3. The fourth-order valence-corrected chi connectivity index (χ4v) is 3.93. The Kier molecular flexibility index (Phi) is 6.58. The van der Waals surface area contributed by atoms with Crippen LogP contribution in [0.2, 0.25) is 10.0 Å². The third-order valence-electron chi connectivity index (χ3n) is 3.97. The zero-order chi connectivity index (χ0) is 19.4. The Balaban J connectivity index is 1.88. The molecule has 2 aromatic rings. The van der Waals surface area contributed by atoms with Gasteiger partial charge in [0.15, 0.2) is 11.5 Å². The largest absolute Gasteiger partial charge is 0.504 e. The highest BCUT2D eigenvalue weighted by Gasteiger charge is 2.19. The minimum atomic E-state index is -0.298. The van der Waals surface area contributed by atoms with Crippen molar-refractivity contribution >= 4 is 47.0 Å². The molecular weight excluding hydrogens is 407 g/mol. The molecule has 0 bridgehead atoms. The lowest BCUT2D eigenvalue weighted by molar-refractivity contribution is -0.134. The fraction of sp³-hybridized carbons (Fsp3) is 0.250. The van der Waals surface area contributed by atoms with Gasteiger partial charge in [-0.25, -0.2) is 4.79 Å². The van der Waals surface area contributed by atoms with E-state index in [4.69, 9.17) is 32.7 Å². The third kappa shape index (κ3) is 4.92. The van der Waals surface area contributed by atoms with Crippen LogP contribution in [0, 0.1) is 0 Å². The van der Waals surface area contributed by atoms with Gasteiger partial charge in [-0.15, -0.1) is 11.8 Å². The summed E-state index contributed by atoms with van der Waals surface area (Å²) in [6.07, 6.45) is 2.36. The topological polar surface area (TPSA) is 55.8 Å². The van der Waals surface area contributed by atoms with Crippen molar-refractivity contribution < 1.29 is 19.4 Å². The minimum Gasteiger partial charge on any atom is -0.504 e. The summed E-state index contributed by atoms with van der Waals surface area (Å²) in [5.41, 5.74) is 2.11. The first-order valence-corrected chi connectivity index (χ1v) is 10.2. The first-order chi connectivity index (χ1) is 13.0. The van der Waals surface area contributed by atoms with Crippen LogP contribution in [0.3, 0.4) is 0 Å². The second kappa shape index (κ2) is 8.91. The lowest BCUT2D eigenvalue weighted by atomic mass is 10.1. The van der Waals surface area contributed by atoms with Crippen molar-refractivity contribution in [2.45, 2.75) is 24.0 Å². The van der Waals surface area contributed by atoms with Gasteiger partial charge in [-0.3, -0.25) is 0 Å². The number of benzene rings is 2. The SMILES string of the molecule is CCOc1cc(C=C2CCOC2=O)cc(CSc2ccc(Cl)c(Cl)c2)c1O. The molecule has 1 N–H and O–H groups in total. The summed E-state index contributed by atoms with van der Waals surface area (Å²) in [6.45, 7) is 2.68. The second-order valence-corrected chi connectivity index (χ2v) is 7.74. The van der Waals surface area contributed by atoms with Crippen LogP contribution in [0.25, 0.3) is 6.08 Å². The molecule has 0 aliphatic carbocycles. The molecule has 0 atom stereocenters. The normalized spacial score (nSPS) is 15.2. The summed E-state index contributed by atoms with van der Waals surface area (Å²) in [4.78, 5) is 12.6. The van der Waals surface area contributed by atoms with Gasteiger partial charge in [0.25, 0.3) is 0 Å². The zero-order valence-electron chi connectivity index (χ0n) is 14.6. The highest BCUT2D eigenvalue weighted by Crippen LogP contribution is 2.37. The Hall–Kier alpha value is -1.82. The lowest BCUT2D eigenvalue weighted by Crippen LogP contribution is -1.97. The summed E-state index contributed by atoms with van der Waals surface area (Å²) >= 11 is 13.5. The Morgan fingerprint density at radius 3 is 2.74 bits per heavy atom. The average molecular weight is 425 g/mol. The van der Waals surface area contributed by atoms with Crippen LogP contribution in [0.4, 0.5) is 0 Å². The van der Waals surface area contributed by atoms with Gasteiger partial charge in [-0.1, -0.05) is 23.2 Å². The Bertz CT molecular complexity index is 896. The number of halogens is 2. The molecule has 0 unspecified atom stereocenters. The molecule has 0 spiro atoms. The van der Waals surface area contributed by atoms with Gasteiger partial charge < -0.3 is 14.6 Å². The number of aromatic hydroxyl groups is 1. The van der Waals surface area contributed by atoms with E-state index in [1.165, 1.54) is 11.8 Å². The Morgan fingerprint density at radius 2 is 2.07 bits per heavy atom. The minimum absolute atomic E-state index is 0.0977. The number of rotatable bonds is 6. The number of cyclic esters (lactones) is 1. The van der Waals surface area contributed by atoms with Crippen LogP contribution in [0.5, 0.6) is 11.5 Å². The summed E-state index contributed by atoms with van der Waals surface area (Å²) < 4.78 is 10.5. The number of hydrogen-bond donors (Lipinski definition) is 1. The van der Waals surface area contributed by atoms with Crippen LogP contribution in [-0.4, -0.2) is 24.3 Å². The molecule has 1 aliphatic heterocycles. The van der Waals surface area contributed by atoms with Crippen LogP contribution >= 0.6 is 35.0 Å². The maximum atomic E-state index is 11.7. The molecule has 0 saturated carbocycles. The van der Waals surface area contributed by atoms with E-state index in [-0.39, 0.29) is 11.7 Å². The number of carbonyl (C=O) groups excluding carboxylic acids is 1. The molecule has 0 amide bonds. The van der Waals surface area contributed by atoms with Gasteiger partial charge in [0.05, 0.1) is 23.3 Å². The molecule has 1 heterocycles. The summed E-state index contributed by atoms with van der Waals surface area (Å²) in [5.74, 6) is 0.696. The highest BCUT2D eigenvalue weighted by atomic mass is 35.5. The first kappa shape index (κ1) is 19.9. The molecule has 0 radical (unpaired) electrons. The van der Waals surface area contributed by atoms with Crippen LogP contribution in [0.1, 0.15) is 24.5 Å². The van der Waals surface area contributed by atoms with Gasteiger partial charge in [0.2, 0.25) is 0 Å². The van der Waals surface area contributed by atoms with E-state index in [2.05, 4.69) is 0 Å². The molecule has 1 fully saturated rings. The van der Waals surface area contributed by atoms with E-state index in [1.807, 2.05) is 19.1 Å². The monoisotopic (exact) mass is 424 g/mol. The van der Waals surface area contributed by atoms with Gasteiger partial charge in [-0.2, -0.15) is 0 Å². The van der Waals surface area contributed by atoms with Crippen molar-refractivity contribution in [2.75, 3.05) is 13.2 Å². The molecule has 142 valence electrons. The number of ether oxygens (including phenoxy) is 2. The fourth-order valence-electron chi connectivity index (χ4n) is 2.66. The zero-order valence-corrected chi connectivity index (χ0v) is 17.0. The van der Waals surface area contributed by atoms with E-state index in [0.717, 1.165) is 10.5 Å². The second-order valence-electron chi connectivity index (χ2n) is 5.88. The molecule has 4 nitrogen and oxygen atoms in total. The lowest BCUT2D eigenvalue weighted by Gasteiger charge is -2.12. The molecule has 0 aromatic heterocycles. The summed E-state index contributed by atoms with van der Waals surface area (Å²) in [7, 11) is 0. The smallest absolute Gasteiger partial charge is 0.334 e. The van der Waals surface area contributed by atoms with Crippen molar-refractivity contribution in [3.8, 4) is 11.5 Å². The average Bonchev–Trinajstić information content (AvgIpc) is 3.04. The maximum absolute atomic E-state index is 11.7. The third-order valence-corrected chi connectivity index (χ3v) is 5.75. The van der Waals surface area contributed by atoms with Gasteiger partial charge in [-0.05, 0) is 48.9 Å². The molecule has 3 rings (SSSR count). The number of thioether (sulfide) groups is 1. The predicted molar refractivity (Wildman–Crippen MR) is 109 cm³/mol. The summed E-state index contributed by atoms with van der Waals surface area (Å²) in [5, 5.41) is 11.5. The number of hydrogen-bond acceptors (Lipinski definition) is 5. The molecule has 27 heavy (non-hydrogen) atoms. The summed E-state index contributed by atoms with van der Waals surface area (Å²) in [6, 6.07) is 8.98. The highest BCUT2D eigenvalue weighted by molar-refractivity contribution is 7.98. The van der Waals surface area contributed by atoms with Crippen molar-refractivity contribution in [1.82, 2.24) is 0 Å². The van der Waals surface area contributed by atoms with Crippen molar-refractivity contribution in [2.24, 2.45) is 0 Å². The van der Waals surface area contributed by atoms with Gasteiger partial charge in [0.1, 0.15) is 0 Å². The van der Waals surface area contributed by atoms with Crippen molar-refractivity contribution in [3.63, 3.8) is 0 Å². The van der Waals surface area contributed by atoms with Gasteiger partial charge in [0, 0.05) is 28.2 Å².